The van der Waals surface area contributed by atoms with Gasteiger partial charge < -0.3 is 5.11 Å². The fraction of sp³-hybridized carbons (Fsp3) is 0.154. The second-order valence-electron chi connectivity index (χ2n) is 4.15. The van der Waals surface area contributed by atoms with E-state index in [-0.39, 0.29) is 5.56 Å². The summed E-state index contributed by atoms with van der Waals surface area (Å²) in [6.07, 6.45) is 3.55. The molecular weight excluding hydrogens is 244 g/mol. The molecule has 0 fully saturated rings. The van der Waals surface area contributed by atoms with Crippen LogP contribution in [-0.4, -0.2) is 30.4 Å². The molecule has 0 unspecified atom stereocenters. The van der Waals surface area contributed by atoms with E-state index in [1.165, 1.54) is 0 Å². The highest BCUT2D eigenvalue weighted by Crippen LogP contribution is 2.18. The summed E-state index contributed by atoms with van der Waals surface area (Å²) in [6.45, 7) is 2.82. The van der Waals surface area contributed by atoms with Crippen molar-refractivity contribution in [2.24, 2.45) is 0 Å². The van der Waals surface area contributed by atoms with Gasteiger partial charge in [0.15, 0.2) is 5.82 Å². The topological polar surface area (TPSA) is 72.9 Å². The summed E-state index contributed by atoms with van der Waals surface area (Å²) in [5.41, 5.74) is 1.72. The van der Waals surface area contributed by atoms with Crippen LogP contribution in [0.2, 0.25) is 0 Å². The van der Waals surface area contributed by atoms with Crippen LogP contribution in [0.5, 0.6) is 0 Å². The van der Waals surface area contributed by atoms with Crippen molar-refractivity contribution in [1.29, 1.82) is 0 Å². The lowest BCUT2D eigenvalue weighted by molar-refractivity contribution is 0.0697. The molecule has 6 heteroatoms. The number of carboxylic acid groups (broad SMARTS) is 1. The lowest BCUT2D eigenvalue weighted by atomic mass is 10.2. The number of imidazole rings is 1. The molecule has 0 spiro atoms. The number of fused-ring (bicyclic) bond motifs is 1. The third-order valence-corrected chi connectivity index (χ3v) is 2.99. The van der Waals surface area contributed by atoms with Crippen LogP contribution >= 0.6 is 0 Å². The first-order valence-corrected chi connectivity index (χ1v) is 5.93. The van der Waals surface area contributed by atoms with E-state index in [9.17, 15) is 4.79 Å². The second-order valence-corrected chi connectivity index (χ2v) is 4.15. The summed E-state index contributed by atoms with van der Waals surface area (Å²) < 4.78 is 3.67. The zero-order valence-corrected chi connectivity index (χ0v) is 10.3. The maximum Gasteiger partial charge on any atom is 0.335 e. The van der Waals surface area contributed by atoms with Crippen LogP contribution in [0.15, 0.2) is 36.8 Å². The minimum atomic E-state index is -0.952. The minimum absolute atomic E-state index is 0.233. The summed E-state index contributed by atoms with van der Waals surface area (Å²) in [4.78, 5) is 15.1. The Balaban J connectivity index is 2.12. The molecule has 0 aliphatic heterocycles. The predicted octanol–water partition coefficient (Wildman–Crippen LogP) is 1.94. The Hall–Kier alpha value is -2.63. The highest BCUT2D eigenvalue weighted by atomic mass is 16.4. The van der Waals surface area contributed by atoms with Gasteiger partial charge in [0.1, 0.15) is 6.33 Å². The molecule has 2 aromatic heterocycles. The third-order valence-electron chi connectivity index (χ3n) is 2.99. The molecule has 3 aromatic rings. The first kappa shape index (κ1) is 11.5. The number of rotatable bonds is 3. The van der Waals surface area contributed by atoms with Gasteiger partial charge in [-0.1, -0.05) is 0 Å². The number of benzene rings is 1. The van der Waals surface area contributed by atoms with Gasteiger partial charge in [-0.3, -0.25) is 9.25 Å². The molecule has 0 bridgehead atoms. The van der Waals surface area contributed by atoms with Gasteiger partial charge in [0.2, 0.25) is 0 Å². The average Bonchev–Trinajstić information content (AvgIpc) is 3.03. The molecule has 3 rings (SSSR count). The van der Waals surface area contributed by atoms with Crippen LogP contribution < -0.4 is 0 Å². The maximum atomic E-state index is 10.9. The Bertz CT molecular complexity index is 757. The van der Waals surface area contributed by atoms with Crippen molar-refractivity contribution in [3.05, 3.63) is 42.4 Å². The van der Waals surface area contributed by atoms with E-state index in [0.717, 1.165) is 17.9 Å². The monoisotopic (exact) mass is 256 g/mol. The third kappa shape index (κ3) is 1.87. The Morgan fingerprint density at radius 3 is 2.89 bits per heavy atom. The first-order valence-electron chi connectivity index (χ1n) is 5.93. The highest BCUT2D eigenvalue weighted by Gasteiger charge is 2.10. The van der Waals surface area contributed by atoms with Crippen LogP contribution in [0.1, 0.15) is 17.3 Å². The van der Waals surface area contributed by atoms with E-state index in [2.05, 4.69) is 10.1 Å². The van der Waals surface area contributed by atoms with Crippen molar-refractivity contribution in [1.82, 2.24) is 19.3 Å². The fourth-order valence-electron chi connectivity index (χ4n) is 1.98. The number of hydrogen-bond acceptors (Lipinski definition) is 3. The van der Waals surface area contributed by atoms with Crippen molar-refractivity contribution in [3.63, 3.8) is 0 Å². The SMILES string of the molecule is CCn1ccc(-n2cnc3cc(C(=O)O)ccc32)n1. The number of carboxylic acids is 1. The lowest BCUT2D eigenvalue weighted by Gasteiger charge is -2.00. The zero-order valence-electron chi connectivity index (χ0n) is 10.3. The molecule has 0 aliphatic carbocycles. The van der Waals surface area contributed by atoms with Crippen molar-refractivity contribution < 1.29 is 9.90 Å². The van der Waals surface area contributed by atoms with Crippen molar-refractivity contribution in [2.45, 2.75) is 13.5 Å². The Labute approximate surface area is 108 Å². The Morgan fingerprint density at radius 2 is 2.21 bits per heavy atom. The normalized spacial score (nSPS) is 11.0. The molecule has 0 atom stereocenters. The zero-order chi connectivity index (χ0) is 13.4. The van der Waals surface area contributed by atoms with E-state index in [4.69, 9.17) is 5.11 Å². The average molecular weight is 256 g/mol. The molecule has 1 aromatic carbocycles. The molecule has 19 heavy (non-hydrogen) atoms. The molecular formula is C13H12N4O2. The molecule has 96 valence electrons. The Kier molecular flexibility index (Phi) is 2.56. The van der Waals surface area contributed by atoms with Crippen LogP contribution in [0.4, 0.5) is 0 Å². The van der Waals surface area contributed by atoms with Crippen LogP contribution in [-0.2, 0) is 6.54 Å². The van der Waals surface area contributed by atoms with Gasteiger partial charge in [0.25, 0.3) is 0 Å². The molecule has 0 saturated heterocycles. The molecule has 6 nitrogen and oxygen atoms in total. The summed E-state index contributed by atoms with van der Waals surface area (Å²) >= 11 is 0. The van der Waals surface area contributed by atoms with Crippen molar-refractivity contribution in [3.8, 4) is 5.82 Å². The largest absolute Gasteiger partial charge is 0.478 e. The molecule has 0 amide bonds. The highest BCUT2D eigenvalue weighted by molar-refractivity contribution is 5.92. The standard InChI is InChI=1S/C13H12N4O2/c1-2-16-6-5-12(15-16)17-8-14-10-7-9(13(18)19)3-4-11(10)17/h3-8H,2H2,1H3,(H,18,19). The molecule has 0 saturated carbocycles. The van der Waals surface area contributed by atoms with Crippen LogP contribution in [0.25, 0.3) is 16.9 Å². The summed E-state index contributed by atoms with van der Waals surface area (Å²) in [5.74, 6) is -0.181. The Morgan fingerprint density at radius 1 is 1.37 bits per heavy atom. The van der Waals surface area contributed by atoms with Crippen LogP contribution in [0, 0.1) is 0 Å². The number of nitrogens with zero attached hydrogens (tertiary/aromatic N) is 4. The molecule has 2 heterocycles. The number of aryl methyl sites for hydroxylation is 1. The van der Waals surface area contributed by atoms with Gasteiger partial charge in [0, 0.05) is 18.8 Å². The van der Waals surface area contributed by atoms with E-state index < -0.39 is 5.97 Å². The van der Waals surface area contributed by atoms with Crippen molar-refractivity contribution >= 4 is 17.0 Å². The van der Waals surface area contributed by atoms with E-state index in [0.29, 0.717) is 5.52 Å². The predicted molar refractivity (Wildman–Crippen MR) is 69.5 cm³/mol. The minimum Gasteiger partial charge on any atom is -0.478 e. The smallest absolute Gasteiger partial charge is 0.335 e. The van der Waals surface area contributed by atoms with Gasteiger partial charge in [-0.15, -0.1) is 0 Å². The number of carbonyl (C=O) groups is 1. The number of hydrogen-bond donors (Lipinski definition) is 1. The van der Waals surface area contributed by atoms with Gasteiger partial charge in [0.05, 0.1) is 16.6 Å². The summed E-state index contributed by atoms with van der Waals surface area (Å²) in [5, 5.41) is 13.4. The van der Waals surface area contributed by atoms with Crippen molar-refractivity contribution in [2.75, 3.05) is 0 Å². The van der Waals surface area contributed by atoms with Gasteiger partial charge in [-0.05, 0) is 25.1 Å². The molecule has 0 radical (unpaired) electrons. The van der Waals surface area contributed by atoms with E-state index >= 15 is 0 Å². The van der Waals surface area contributed by atoms with E-state index in [1.54, 1.807) is 24.5 Å². The lowest BCUT2D eigenvalue weighted by Crippen LogP contribution is -1.99. The quantitative estimate of drug-likeness (QED) is 0.777. The number of aromatic carboxylic acids is 1. The fourth-order valence-corrected chi connectivity index (χ4v) is 1.98. The summed E-state index contributed by atoms with van der Waals surface area (Å²) in [6, 6.07) is 6.77. The van der Waals surface area contributed by atoms with Gasteiger partial charge in [-0.25, -0.2) is 9.78 Å². The van der Waals surface area contributed by atoms with E-state index in [1.807, 2.05) is 28.4 Å². The van der Waals surface area contributed by atoms with Crippen LogP contribution in [0.3, 0.4) is 0 Å². The van der Waals surface area contributed by atoms with Gasteiger partial charge in [-0.2, -0.15) is 5.10 Å². The molecule has 1 N–H and O–H groups in total. The summed E-state index contributed by atoms with van der Waals surface area (Å²) in [7, 11) is 0. The first-order chi connectivity index (χ1) is 9.19. The molecule has 0 aliphatic rings. The maximum absolute atomic E-state index is 10.9. The number of aromatic nitrogens is 4. The van der Waals surface area contributed by atoms with Gasteiger partial charge >= 0.3 is 5.97 Å². The second kappa shape index (κ2) is 4.24.